The van der Waals surface area contributed by atoms with E-state index in [0.717, 1.165) is 11.6 Å². The van der Waals surface area contributed by atoms with Crippen molar-refractivity contribution in [3.05, 3.63) is 88.7 Å². The van der Waals surface area contributed by atoms with Crippen LogP contribution in [0, 0.1) is 12.4 Å². The fourth-order valence-corrected chi connectivity index (χ4v) is 4.20. The summed E-state index contributed by atoms with van der Waals surface area (Å²) in [5.41, 5.74) is -5.85. The van der Waals surface area contributed by atoms with Crippen molar-refractivity contribution in [1.82, 2.24) is 9.88 Å². The number of halogens is 4. The van der Waals surface area contributed by atoms with Gasteiger partial charge in [0.15, 0.2) is 0 Å². The molecular formula is C24H17F4N3O5S. The number of nitrogens with zero attached hydrogens (tertiary/aromatic N) is 3. The van der Waals surface area contributed by atoms with Gasteiger partial charge >= 0.3 is 21.7 Å². The van der Waals surface area contributed by atoms with Crippen LogP contribution in [0.1, 0.15) is 16.8 Å². The standard InChI is InChI=1S/C24H17F4N3O5S/c1-29-21-20(16-9-5-6-10-18(16)25)17-11-12-31(23(32)35-14-15-7-3-2-4-8-15)13-19(17)30-22(21)36-37(33,34)24(26,27)28/h2-10H,11-14H2. The number of hydrogen-bond donors (Lipinski definition) is 0. The Morgan fingerprint density at radius 2 is 1.78 bits per heavy atom. The molecule has 192 valence electrons. The molecule has 0 saturated carbocycles. The van der Waals surface area contributed by atoms with Crippen LogP contribution in [-0.4, -0.2) is 36.4 Å². The minimum Gasteiger partial charge on any atom is -0.445 e. The van der Waals surface area contributed by atoms with Crippen LogP contribution < -0.4 is 4.18 Å². The van der Waals surface area contributed by atoms with Gasteiger partial charge in [0, 0.05) is 17.7 Å². The first-order chi connectivity index (χ1) is 17.5. The van der Waals surface area contributed by atoms with Crippen LogP contribution in [0.4, 0.5) is 28.0 Å². The Kier molecular flexibility index (Phi) is 7.04. The fourth-order valence-electron chi connectivity index (χ4n) is 3.78. The highest BCUT2D eigenvalue weighted by Gasteiger charge is 2.49. The van der Waals surface area contributed by atoms with E-state index < -0.39 is 39.1 Å². The van der Waals surface area contributed by atoms with E-state index in [2.05, 4.69) is 14.0 Å². The minimum atomic E-state index is -6.19. The van der Waals surface area contributed by atoms with Gasteiger partial charge in [-0.2, -0.15) is 21.6 Å². The quantitative estimate of drug-likeness (QED) is 0.189. The van der Waals surface area contributed by atoms with E-state index in [0.29, 0.717) is 0 Å². The average Bonchev–Trinajstić information content (AvgIpc) is 2.86. The van der Waals surface area contributed by atoms with Crippen LogP contribution in [0.25, 0.3) is 16.0 Å². The summed E-state index contributed by atoms with van der Waals surface area (Å²) in [6, 6.07) is 14.0. The highest BCUT2D eigenvalue weighted by atomic mass is 32.2. The smallest absolute Gasteiger partial charge is 0.445 e. The largest absolute Gasteiger partial charge is 0.534 e. The predicted octanol–water partition coefficient (Wildman–Crippen LogP) is 5.36. The second-order valence-electron chi connectivity index (χ2n) is 7.85. The number of amides is 1. The van der Waals surface area contributed by atoms with Gasteiger partial charge in [0.05, 0.1) is 18.8 Å². The number of hydrogen-bond acceptors (Lipinski definition) is 6. The van der Waals surface area contributed by atoms with Gasteiger partial charge in [-0.15, -0.1) is 0 Å². The topological polar surface area (TPSA) is 90.2 Å². The van der Waals surface area contributed by atoms with Crippen molar-refractivity contribution in [2.24, 2.45) is 0 Å². The Hall–Kier alpha value is -4.18. The molecule has 0 atom stereocenters. The van der Waals surface area contributed by atoms with Gasteiger partial charge in [-0.05, 0) is 23.6 Å². The number of ether oxygens (including phenoxy) is 1. The first kappa shape index (κ1) is 25.9. The Labute approximate surface area is 209 Å². The number of aromatic nitrogens is 1. The molecule has 0 bridgehead atoms. The Morgan fingerprint density at radius 3 is 2.43 bits per heavy atom. The molecule has 37 heavy (non-hydrogen) atoms. The summed E-state index contributed by atoms with van der Waals surface area (Å²) >= 11 is 0. The van der Waals surface area contributed by atoms with Crippen LogP contribution in [0.2, 0.25) is 0 Å². The summed E-state index contributed by atoms with van der Waals surface area (Å²) in [7, 11) is -6.19. The Bertz CT molecular complexity index is 1490. The van der Waals surface area contributed by atoms with Gasteiger partial charge < -0.3 is 13.8 Å². The van der Waals surface area contributed by atoms with Crippen molar-refractivity contribution >= 4 is 21.9 Å². The molecule has 0 radical (unpaired) electrons. The lowest BCUT2D eigenvalue weighted by atomic mass is 9.92. The van der Waals surface area contributed by atoms with E-state index >= 15 is 0 Å². The molecule has 8 nitrogen and oxygen atoms in total. The van der Waals surface area contributed by atoms with Crippen LogP contribution >= 0.6 is 0 Å². The minimum absolute atomic E-state index is 0.0359. The zero-order chi connectivity index (χ0) is 26.8. The molecule has 0 saturated heterocycles. The van der Waals surface area contributed by atoms with E-state index in [1.165, 1.54) is 23.1 Å². The molecule has 1 aromatic heterocycles. The molecule has 1 amide bonds. The van der Waals surface area contributed by atoms with Crippen molar-refractivity contribution in [2.75, 3.05) is 6.54 Å². The van der Waals surface area contributed by atoms with E-state index in [4.69, 9.17) is 11.3 Å². The van der Waals surface area contributed by atoms with Gasteiger partial charge in [0.1, 0.15) is 12.4 Å². The molecule has 0 N–H and O–H groups in total. The zero-order valence-electron chi connectivity index (χ0n) is 18.8. The number of pyridine rings is 1. The average molecular weight is 535 g/mol. The SMILES string of the molecule is [C-]#[N+]c1c(OS(=O)(=O)C(F)(F)F)nc2c(c1-c1ccccc1F)CCN(C(=O)OCc1ccccc1)C2. The number of carbonyl (C=O) groups is 1. The predicted molar refractivity (Wildman–Crippen MR) is 122 cm³/mol. The first-order valence-corrected chi connectivity index (χ1v) is 12.1. The first-order valence-electron chi connectivity index (χ1n) is 10.7. The second kappa shape index (κ2) is 10.1. The summed E-state index contributed by atoms with van der Waals surface area (Å²) in [5, 5.41) is 0. The van der Waals surface area contributed by atoms with Gasteiger partial charge in [0.2, 0.25) is 5.88 Å². The second-order valence-corrected chi connectivity index (χ2v) is 9.39. The summed E-state index contributed by atoms with van der Waals surface area (Å²) in [5.74, 6) is -1.96. The summed E-state index contributed by atoms with van der Waals surface area (Å²) in [6.45, 7) is 7.23. The van der Waals surface area contributed by atoms with E-state index in [9.17, 15) is 30.8 Å². The van der Waals surface area contributed by atoms with Crippen molar-refractivity contribution in [2.45, 2.75) is 25.1 Å². The van der Waals surface area contributed by atoms with Gasteiger partial charge in [-0.1, -0.05) is 48.5 Å². The van der Waals surface area contributed by atoms with Crippen LogP contribution in [0.15, 0.2) is 54.6 Å². The Balaban J connectivity index is 1.75. The maximum absolute atomic E-state index is 14.7. The summed E-state index contributed by atoms with van der Waals surface area (Å²) < 4.78 is 86.8. The van der Waals surface area contributed by atoms with E-state index in [-0.39, 0.29) is 48.5 Å². The lowest BCUT2D eigenvalue weighted by Crippen LogP contribution is -2.37. The van der Waals surface area contributed by atoms with Crippen molar-refractivity contribution in [1.29, 1.82) is 0 Å². The number of benzene rings is 2. The molecule has 1 aliphatic heterocycles. The maximum atomic E-state index is 14.7. The highest BCUT2D eigenvalue weighted by molar-refractivity contribution is 7.88. The molecule has 4 rings (SSSR count). The number of rotatable bonds is 5. The summed E-state index contributed by atoms with van der Waals surface area (Å²) in [4.78, 5) is 20.9. The normalized spacial score (nSPS) is 13.4. The Morgan fingerprint density at radius 1 is 1.11 bits per heavy atom. The molecule has 0 unspecified atom stereocenters. The maximum Gasteiger partial charge on any atom is 0.534 e. The molecule has 0 spiro atoms. The molecule has 2 aromatic carbocycles. The molecule has 13 heteroatoms. The zero-order valence-corrected chi connectivity index (χ0v) is 19.6. The van der Waals surface area contributed by atoms with Crippen molar-refractivity contribution < 1.29 is 39.7 Å². The van der Waals surface area contributed by atoms with Crippen molar-refractivity contribution in [3.63, 3.8) is 0 Å². The number of carbonyl (C=O) groups excluding carboxylic acids is 1. The molecular weight excluding hydrogens is 518 g/mol. The van der Waals surface area contributed by atoms with Crippen LogP contribution in [0.5, 0.6) is 5.88 Å². The molecule has 0 fully saturated rings. The number of alkyl halides is 3. The van der Waals surface area contributed by atoms with E-state index in [1.54, 1.807) is 30.3 Å². The van der Waals surface area contributed by atoms with Gasteiger partial charge in [-0.3, -0.25) is 0 Å². The third-order valence-corrected chi connectivity index (χ3v) is 6.43. The molecule has 3 aromatic rings. The fraction of sp³-hybridized carbons (Fsp3) is 0.208. The summed E-state index contributed by atoms with van der Waals surface area (Å²) in [6.07, 6.45) is -0.704. The van der Waals surface area contributed by atoms with Crippen LogP contribution in [0.3, 0.4) is 0 Å². The molecule has 0 aliphatic carbocycles. The van der Waals surface area contributed by atoms with Gasteiger partial charge in [0.25, 0.3) is 5.69 Å². The third-order valence-electron chi connectivity index (χ3n) is 5.49. The van der Waals surface area contributed by atoms with Crippen molar-refractivity contribution in [3.8, 4) is 17.0 Å². The van der Waals surface area contributed by atoms with E-state index in [1.807, 2.05) is 0 Å². The highest BCUT2D eigenvalue weighted by Crippen LogP contribution is 2.45. The lowest BCUT2D eigenvalue weighted by molar-refractivity contribution is -0.0501. The third kappa shape index (κ3) is 5.34. The van der Waals surface area contributed by atoms with Crippen LogP contribution in [-0.2, 0) is 34.4 Å². The number of fused-ring (bicyclic) bond motifs is 1. The van der Waals surface area contributed by atoms with Gasteiger partial charge in [-0.25, -0.2) is 19.0 Å². The monoisotopic (exact) mass is 535 g/mol. The lowest BCUT2D eigenvalue weighted by Gasteiger charge is -2.30. The molecule has 2 heterocycles. The molecule has 1 aliphatic rings.